The highest BCUT2D eigenvalue weighted by Crippen LogP contribution is 2.29. The quantitative estimate of drug-likeness (QED) is 0.624. The van der Waals surface area contributed by atoms with Gasteiger partial charge in [-0.15, -0.1) is 0 Å². The van der Waals surface area contributed by atoms with Crippen LogP contribution >= 0.6 is 0 Å². The van der Waals surface area contributed by atoms with Crippen molar-refractivity contribution in [2.24, 2.45) is 7.05 Å². The number of aromatic nitrogens is 2. The summed E-state index contributed by atoms with van der Waals surface area (Å²) in [5, 5.41) is 3.04. The SMILES string of the molecule is COc1ccc(C)cc1/C=C/C(=O)NC(c1ccccc1OC)c1nccn1C. The molecule has 3 aromatic rings. The van der Waals surface area contributed by atoms with Crippen LogP contribution in [0.4, 0.5) is 0 Å². The van der Waals surface area contributed by atoms with Crippen LogP contribution in [0, 0.1) is 6.92 Å². The molecule has 1 atom stereocenters. The molecule has 0 radical (unpaired) electrons. The van der Waals surface area contributed by atoms with Crippen molar-refractivity contribution in [3.8, 4) is 11.5 Å². The minimum absolute atomic E-state index is 0.243. The first-order valence-electron chi connectivity index (χ1n) is 9.27. The fraction of sp³-hybridized carbons (Fsp3) is 0.217. The highest BCUT2D eigenvalue weighted by atomic mass is 16.5. The van der Waals surface area contributed by atoms with E-state index in [2.05, 4.69) is 10.3 Å². The summed E-state index contributed by atoms with van der Waals surface area (Å²) in [7, 11) is 5.12. The molecule has 1 N–H and O–H groups in total. The van der Waals surface area contributed by atoms with E-state index in [1.54, 1.807) is 26.5 Å². The molecule has 1 unspecified atom stereocenters. The van der Waals surface area contributed by atoms with E-state index in [1.807, 2.05) is 67.2 Å². The molecule has 0 aliphatic rings. The number of ether oxygens (including phenoxy) is 2. The first kappa shape index (κ1) is 20.2. The number of nitrogens with zero attached hydrogens (tertiary/aromatic N) is 2. The molecule has 0 fully saturated rings. The molecular weight excluding hydrogens is 366 g/mol. The number of aryl methyl sites for hydroxylation is 2. The van der Waals surface area contributed by atoms with Crippen LogP contribution in [0.5, 0.6) is 11.5 Å². The van der Waals surface area contributed by atoms with E-state index >= 15 is 0 Å². The third-order valence-corrected chi connectivity index (χ3v) is 4.65. The van der Waals surface area contributed by atoms with Crippen LogP contribution in [0.2, 0.25) is 0 Å². The zero-order valence-electron chi connectivity index (χ0n) is 17.0. The summed E-state index contributed by atoms with van der Waals surface area (Å²) in [6.45, 7) is 2.00. The van der Waals surface area contributed by atoms with Crippen molar-refractivity contribution in [1.29, 1.82) is 0 Å². The molecule has 1 aromatic heterocycles. The number of hydrogen-bond donors (Lipinski definition) is 1. The Hall–Kier alpha value is -3.54. The number of carbonyl (C=O) groups is 1. The van der Waals surface area contributed by atoms with Crippen molar-refractivity contribution in [3.05, 3.63) is 83.4 Å². The number of benzene rings is 2. The Morgan fingerprint density at radius 2 is 1.90 bits per heavy atom. The van der Waals surface area contributed by atoms with Crippen LogP contribution in [-0.4, -0.2) is 29.7 Å². The van der Waals surface area contributed by atoms with Gasteiger partial charge in [-0.1, -0.05) is 29.8 Å². The smallest absolute Gasteiger partial charge is 0.244 e. The van der Waals surface area contributed by atoms with Crippen LogP contribution < -0.4 is 14.8 Å². The maximum absolute atomic E-state index is 12.8. The van der Waals surface area contributed by atoms with Crippen LogP contribution in [0.1, 0.15) is 28.6 Å². The number of amides is 1. The fourth-order valence-corrected chi connectivity index (χ4v) is 3.18. The van der Waals surface area contributed by atoms with Gasteiger partial charge in [0.25, 0.3) is 0 Å². The Morgan fingerprint density at radius 1 is 1.14 bits per heavy atom. The molecule has 29 heavy (non-hydrogen) atoms. The Kier molecular flexibility index (Phi) is 6.34. The molecule has 150 valence electrons. The Morgan fingerprint density at radius 3 is 2.59 bits per heavy atom. The lowest BCUT2D eigenvalue weighted by Crippen LogP contribution is -2.30. The van der Waals surface area contributed by atoms with Gasteiger partial charge in [-0.05, 0) is 31.2 Å². The number of rotatable bonds is 7. The largest absolute Gasteiger partial charge is 0.496 e. The van der Waals surface area contributed by atoms with Gasteiger partial charge in [0.1, 0.15) is 23.4 Å². The summed E-state index contributed by atoms with van der Waals surface area (Å²) >= 11 is 0. The molecule has 1 heterocycles. The van der Waals surface area contributed by atoms with Gasteiger partial charge >= 0.3 is 0 Å². The summed E-state index contributed by atoms with van der Waals surface area (Å²) < 4.78 is 12.8. The number of para-hydroxylation sites is 1. The van der Waals surface area contributed by atoms with Crippen LogP contribution in [-0.2, 0) is 11.8 Å². The normalized spacial score (nSPS) is 12.0. The molecule has 0 spiro atoms. The minimum Gasteiger partial charge on any atom is -0.496 e. The van der Waals surface area contributed by atoms with Crippen molar-refractivity contribution in [2.75, 3.05) is 14.2 Å². The summed E-state index contributed by atoms with van der Waals surface area (Å²) in [6.07, 6.45) is 6.80. The lowest BCUT2D eigenvalue weighted by Gasteiger charge is -2.20. The van der Waals surface area contributed by atoms with E-state index in [1.165, 1.54) is 6.08 Å². The highest BCUT2D eigenvalue weighted by Gasteiger charge is 2.23. The maximum Gasteiger partial charge on any atom is 0.244 e. The molecular formula is C23H25N3O3. The molecule has 3 rings (SSSR count). The number of methoxy groups -OCH3 is 2. The fourth-order valence-electron chi connectivity index (χ4n) is 3.18. The monoisotopic (exact) mass is 391 g/mol. The Balaban J connectivity index is 1.90. The van der Waals surface area contributed by atoms with Gasteiger partial charge in [-0.3, -0.25) is 4.79 Å². The number of imidazole rings is 1. The van der Waals surface area contributed by atoms with Gasteiger partial charge in [0.05, 0.1) is 14.2 Å². The van der Waals surface area contributed by atoms with Gasteiger partial charge in [0.15, 0.2) is 0 Å². The van der Waals surface area contributed by atoms with Gasteiger partial charge in [-0.2, -0.15) is 0 Å². The predicted octanol–water partition coefficient (Wildman–Crippen LogP) is 3.66. The number of carbonyl (C=O) groups excluding carboxylic acids is 1. The van der Waals surface area contributed by atoms with E-state index in [9.17, 15) is 4.79 Å². The van der Waals surface area contributed by atoms with Gasteiger partial charge in [0.2, 0.25) is 5.91 Å². The van der Waals surface area contributed by atoms with Crippen molar-refractivity contribution >= 4 is 12.0 Å². The van der Waals surface area contributed by atoms with Crippen LogP contribution in [0.3, 0.4) is 0 Å². The average Bonchev–Trinajstić information content (AvgIpc) is 3.16. The van der Waals surface area contributed by atoms with Crippen LogP contribution in [0.15, 0.2) is 60.9 Å². The van der Waals surface area contributed by atoms with Crippen molar-refractivity contribution in [3.63, 3.8) is 0 Å². The second-order valence-electron chi connectivity index (χ2n) is 6.66. The van der Waals surface area contributed by atoms with E-state index in [4.69, 9.17) is 9.47 Å². The molecule has 0 saturated heterocycles. The molecule has 6 heteroatoms. The maximum atomic E-state index is 12.8. The molecule has 0 saturated carbocycles. The lowest BCUT2D eigenvalue weighted by molar-refractivity contribution is -0.117. The first-order valence-corrected chi connectivity index (χ1v) is 9.27. The molecule has 0 aliphatic heterocycles. The van der Waals surface area contributed by atoms with Gasteiger partial charge < -0.3 is 19.4 Å². The Labute approximate surface area is 170 Å². The van der Waals surface area contributed by atoms with E-state index < -0.39 is 6.04 Å². The number of nitrogens with one attached hydrogen (secondary N) is 1. The summed E-state index contributed by atoms with van der Waals surface area (Å²) in [6, 6.07) is 13.0. The van der Waals surface area contributed by atoms with Crippen molar-refractivity contribution < 1.29 is 14.3 Å². The van der Waals surface area contributed by atoms with Crippen LogP contribution in [0.25, 0.3) is 6.08 Å². The lowest BCUT2D eigenvalue weighted by atomic mass is 10.0. The van der Waals surface area contributed by atoms with Gasteiger partial charge in [-0.25, -0.2) is 4.98 Å². The van der Waals surface area contributed by atoms with Crippen molar-refractivity contribution in [2.45, 2.75) is 13.0 Å². The zero-order valence-corrected chi connectivity index (χ0v) is 17.0. The summed E-state index contributed by atoms with van der Waals surface area (Å²) in [5.74, 6) is 1.87. The zero-order chi connectivity index (χ0) is 20.8. The van der Waals surface area contributed by atoms with E-state index in [0.717, 1.165) is 16.7 Å². The van der Waals surface area contributed by atoms with Crippen molar-refractivity contribution in [1.82, 2.24) is 14.9 Å². The summed E-state index contributed by atoms with van der Waals surface area (Å²) in [4.78, 5) is 17.2. The Bertz CT molecular complexity index is 1020. The topological polar surface area (TPSA) is 65.4 Å². The standard InChI is InChI=1S/C23H25N3O3/c1-16-9-11-19(28-3)17(15-16)10-12-21(27)25-22(23-24-13-14-26(23)2)18-7-5-6-8-20(18)29-4/h5-15,22H,1-4H3,(H,25,27)/b12-10+. The number of hydrogen-bond acceptors (Lipinski definition) is 4. The minimum atomic E-state index is -0.456. The molecule has 0 bridgehead atoms. The summed E-state index contributed by atoms with van der Waals surface area (Å²) in [5.41, 5.74) is 2.76. The molecule has 6 nitrogen and oxygen atoms in total. The second kappa shape index (κ2) is 9.10. The molecule has 1 amide bonds. The average molecular weight is 391 g/mol. The van der Waals surface area contributed by atoms with Gasteiger partial charge in [0, 0.05) is 36.6 Å². The second-order valence-corrected chi connectivity index (χ2v) is 6.66. The van der Waals surface area contributed by atoms with E-state index in [0.29, 0.717) is 17.3 Å². The first-order chi connectivity index (χ1) is 14.0. The third kappa shape index (κ3) is 4.66. The molecule has 2 aromatic carbocycles. The third-order valence-electron chi connectivity index (χ3n) is 4.65. The van der Waals surface area contributed by atoms with E-state index in [-0.39, 0.29) is 5.91 Å². The highest BCUT2D eigenvalue weighted by molar-refractivity contribution is 5.92. The molecule has 0 aliphatic carbocycles. The predicted molar refractivity (Wildman–Crippen MR) is 113 cm³/mol.